The number of carboxylic acids is 1. The van der Waals surface area contributed by atoms with E-state index < -0.39 is 12.1 Å². The van der Waals surface area contributed by atoms with E-state index in [0.717, 1.165) is 0 Å². The van der Waals surface area contributed by atoms with Crippen LogP contribution in [0.1, 0.15) is 37.9 Å². The molecule has 5 nitrogen and oxygen atoms in total. The number of nitrogens with one attached hydrogen (secondary N) is 1. The smallest absolute Gasteiger partial charge is 0.303 e. The molecule has 1 atom stereocenters. The fourth-order valence-corrected chi connectivity index (χ4v) is 1.59. The summed E-state index contributed by atoms with van der Waals surface area (Å²) in [5.41, 5.74) is 1.21. The van der Waals surface area contributed by atoms with Crippen LogP contribution in [-0.2, 0) is 9.59 Å². The van der Waals surface area contributed by atoms with Crippen LogP contribution in [0.2, 0.25) is 0 Å². The number of benzene rings is 1. The molecule has 98 valence electrons. The largest absolute Gasteiger partial charge is 0.481 e. The van der Waals surface area contributed by atoms with Crippen LogP contribution in [-0.4, -0.2) is 22.1 Å². The zero-order valence-corrected chi connectivity index (χ0v) is 10.2. The lowest BCUT2D eigenvalue weighted by atomic mass is 10.1. The highest BCUT2D eigenvalue weighted by molar-refractivity contribution is 5.91. The van der Waals surface area contributed by atoms with Gasteiger partial charge in [-0.25, -0.2) is 0 Å². The van der Waals surface area contributed by atoms with Gasteiger partial charge in [-0.3, -0.25) is 9.59 Å². The van der Waals surface area contributed by atoms with Crippen LogP contribution >= 0.6 is 0 Å². The van der Waals surface area contributed by atoms with Crippen LogP contribution < -0.4 is 5.32 Å². The van der Waals surface area contributed by atoms with E-state index in [1.165, 1.54) is 0 Å². The van der Waals surface area contributed by atoms with E-state index in [9.17, 15) is 14.7 Å². The third-order valence-corrected chi connectivity index (χ3v) is 2.48. The van der Waals surface area contributed by atoms with Crippen molar-refractivity contribution >= 4 is 17.6 Å². The van der Waals surface area contributed by atoms with Crippen LogP contribution in [0.3, 0.4) is 0 Å². The molecule has 0 spiro atoms. The van der Waals surface area contributed by atoms with E-state index >= 15 is 0 Å². The maximum Gasteiger partial charge on any atom is 0.303 e. The molecule has 1 aromatic rings. The second kappa shape index (κ2) is 6.76. The van der Waals surface area contributed by atoms with Crippen LogP contribution in [0.15, 0.2) is 24.3 Å². The Morgan fingerprint density at radius 2 is 1.94 bits per heavy atom. The Balaban J connectivity index is 2.56. The summed E-state index contributed by atoms with van der Waals surface area (Å²) in [7, 11) is 0. The SMILES string of the molecule is CC(O)c1ccccc1NC(=O)CCCC(=O)O. The van der Waals surface area contributed by atoms with E-state index in [0.29, 0.717) is 17.7 Å². The Labute approximate surface area is 105 Å². The normalized spacial score (nSPS) is 11.9. The Morgan fingerprint density at radius 3 is 2.56 bits per heavy atom. The summed E-state index contributed by atoms with van der Waals surface area (Å²) in [6, 6.07) is 6.98. The van der Waals surface area contributed by atoms with Crippen molar-refractivity contribution in [3.63, 3.8) is 0 Å². The van der Waals surface area contributed by atoms with Crippen LogP contribution in [0.5, 0.6) is 0 Å². The Kier molecular flexibility index (Phi) is 5.32. The van der Waals surface area contributed by atoms with Crippen molar-refractivity contribution in [2.75, 3.05) is 5.32 Å². The maximum absolute atomic E-state index is 11.6. The van der Waals surface area contributed by atoms with Gasteiger partial charge in [0.05, 0.1) is 6.10 Å². The van der Waals surface area contributed by atoms with Gasteiger partial charge in [0.2, 0.25) is 5.91 Å². The van der Waals surface area contributed by atoms with E-state index in [-0.39, 0.29) is 18.7 Å². The molecule has 0 saturated carbocycles. The highest BCUT2D eigenvalue weighted by Crippen LogP contribution is 2.22. The molecule has 0 aliphatic rings. The second-order valence-electron chi connectivity index (χ2n) is 4.06. The number of hydrogen-bond donors (Lipinski definition) is 3. The van der Waals surface area contributed by atoms with Gasteiger partial charge in [-0.1, -0.05) is 18.2 Å². The van der Waals surface area contributed by atoms with Gasteiger partial charge < -0.3 is 15.5 Å². The lowest BCUT2D eigenvalue weighted by Crippen LogP contribution is -2.13. The van der Waals surface area contributed by atoms with Crippen molar-refractivity contribution in [3.8, 4) is 0 Å². The van der Waals surface area contributed by atoms with E-state index in [1.807, 2.05) is 0 Å². The molecule has 1 aromatic carbocycles. The number of rotatable bonds is 6. The van der Waals surface area contributed by atoms with Gasteiger partial charge in [-0.15, -0.1) is 0 Å². The van der Waals surface area contributed by atoms with Crippen LogP contribution in [0.25, 0.3) is 0 Å². The predicted octanol–water partition coefficient (Wildman–Crippen LogP) is 1.93. The van der Waals surface area contributed by atoms with Gasteiger partial charge in [0.1, 0.15) is 0 Å². The lowest BCUT2D eigenvalue weighted by Gasteiger charge is -2.12. The zero-order chi connectivity index (χ0) is 13.5. The minimum absolute atomic E-state index is 0.0224. The maximum atomic E-state index is 11.6. The molecule has 0 aromatic heterocycles. The lowest BCUT2D eigenvalue weighted by molar-refractivity contribution is -0.137. The number of amides is 1. The number of carbonyl (C=O) groups excluding carboxylic acids is 1. The summed E-state index contributed by atoms with van der Waals surface area (Å²) < 4.78 is 0. The molecule has 1 amide bonds. The highest BCUT2D eigenvalue weighted by atomic mass is 16.4. The quantitative estimate of drug-likeness (QED) is 0.721. The van der Waals surface area contributed by atoms with Crippen molar-refractivity contribution in [2.45, 2.75) is 32.3 Å². The topological polar surface area (TPSA) is 86.6 Å². The van der Waals surface area contributed by atoms with Crippen molar-refractivity contribution in [2.24, 2.45) is 0 Å². The third kappa shape index (κ3) is 4.55. The van der Waals surface area contributed by atoms with Gasteiger partial charge in [-0.2, -0.15) is 0 Å². The summed E-state index contributed by atoms with van der Waals surface area (Å²) in [6.07, 6.45) is -0.232. The number of aliphatic hydroxyl groups is 1. The number of hydrogen-bond acceptors (Lipinski definition) is 3. The van der Waals surface area contributed by atoms with Gasteiger partial charge >= 0.3 is 5.97 Å². The predicted molar refractivity (Wildman–Crippen MR) is 67.2 cm³/mol. The molecule has 1 rings (SSSR count). The third-order valence-electron chi connectivity index (χ3n) is 2.48. The summed E-state index contributed by atoms with van der Waals surface area (Å²) in [5, 5.41) is 20.7. The number of para-hydroxylation sites is 1. The first-order valence-electron chi connectivity index (χ1n) is 5.79. The molecule has 0 radical (unpaired) electrons. The molecule has 0 bridgehead atoms. The van der Waals surface area contributed by atoms with E-state index in [1.54, 1.807) is 31.2 Å². The molecular formula is C13H17NO4. The number of anilines is 1. The van der Waals surface area contributed by atoms with Crippen LogP contribution in [0.4, 0.5) is 5.69 Å². The number of carboxylic acid groups (broad SMARTS) is 1. The van der Waals surface area contributed by atoms with Gasteiger partial charge in [-0.05, 0) is 19.4 Å². The van der Waals surface area contributed by atoms with Gasteiger partial charge in [0.15, 0.2) is 0 Å². The molecule has 18 heavy (non-hydrogen) atoms. The molecule has 0 saturated heterocycles. The van der Waals surface area contributed by atoms with Crippen LogP contribution in [0, 0.1) is 0 Å². The van der Waals surface area contributed by atoms with Crippen molar-refractivity contribution in [1.82, 2.24) is 0 Å². The molecule has 0 fully saturated rings. The molecule has 3 N–H and O–H groups in total. The minimum Gasteiger partial charge on any atom is -0.481 e. The second-order valence-corrected chi connectivity index (χ2v) is 4.06. The molecular weight excluding hydrogens is 234 g/mol. The molecule has 0 aliphatic heterocycles. The molecule has 0 heterocycles. The zero-order valence-electron chi connectivity index (χ0n) is 10.2. The number of aliphatic carboxylic acids is 1. The minimum atomic E-state index is -0.910. The summed E-state index contributed by atoms with van der Waals surface area (Å²) in [4.78, 5) is 21.9. The monoisotopic (exact) mass is 251 g/mol. The average molecular weight is 251 g/mol. The van der Waals surface area contributed by atoms with Crippen molar-refractivity contribution < 1.29 is 19.8 Å². The first-order chi connectivity index (χ1) is 8.50. The summed E-state index contributed by atoms with van der Waals surface area (Å²) in [6.45, 7) is 1.62. The van der Waals surface area contributed by atoms with Gasteiger partial charge in [0.25, 0.3) is 0 Å². The Hall–Kier alpha value is -1.88. The standard InChI is InChI=1S/C13H17NO4/c1-9(15)10-5-2-3-6-11(10)14-12(16)7-4-8-13(17)18/h2-3,5-6,9,15H,4,7-8H2,1H3,(H,14,16)(H,17,18). The first-order valence-corrected chi connectivity index (χ1v) is 5.79. The Bertz CT molecular complexity index is 429. The Morgan fingerprint density at radius 1 is 1.28 bits per heavy atom. The highest BCUT2D eigenvalue weighted by Gasteiger charge is 2.10. The van der Waals surface area contributed by atoms with Crippen molar-refractivity contribution in [3.05, 3.63) is 29.8 Å². The average Bonchev–Trinajstić information content (AvgIpc) is 2.28. The molecule has 5 heteroatoms. The fraction of sp³-hybridized carbons (Fsp3) is 0.385. The van der Waals surface area contributed by atoms with E-state index in [2.05, 4.69) is 5.32 Å². The van der Waals surface area contributed by atoms with E-state index in [4.69, 9.17) is 5.11 Å². The van der Waals surface area contributed by atoms with Crippen molar-refractivity contribution in [1.29, 1.82) is 0 Å². The summed E-state index contributed by atoms with van der Waals surface area (Å²) in [5.74, 6) is -1.16. The van der Waals surface area contributed by atoms with Gasteiger partial charge in [0, 0.05) is 24.1 Å². The fourth-order valence-electron chi connectivity index (χ4n) is 1.59. The summed E-state index contributed by atoms with van der Waals surface area (Å²) >= 11 is 0. The number of aliphatic hydroxyl groups excluding tert-OH is 1. The molecule has 1 unspecified atom stereocenters. The number of carbonyl (C=O) groups is 2. The first kappa shape index (κ1) is 14.2. The molecule has 0 aliphatic carbocycles.